The van der Waals surface area contributed by atoms with E-state index in [1.165, 1.54) is 30.6 Å². The Balaban J connectivity index is 2.73. The lowest BCUT2D eigenvalue weighted by molar-refractivity contribution is -0.174. The van der Waals surface area contributed by atoms with Gasteiger partial charge in [-0.1, -0.05) is 0 Å². The molecule has 0 radical (unpaired) electrons. The predicted octanol–water partition coefficient (Wildman–Crippen LogP) is 1.11. The van der Waals surface area contributed by atoms with Crippen molar-refractivity contribution in [1.29, 1.82) is 0 Å². The third kappa shape index (κ3) is 4.02. The zero-order valence-corrected chi connectivity index (χ0v) is 9.86. The lowest BCUT2D eigenvalue weighted by atomic mass is 10.1. The quantitative estimate of drug-likeness (QED) is 0.771. The summed E-state index contributed by atoms with van der Waals surface area (Å²) in [7, 11) is 1.36. The van der Waals surface area contributed by atoms with Crippen LogP contribution in [-0.2, 0) is 4.79 Å². The summed E-state index contributed by atoms with van der Waals surface area (Å²) in [6.45, 7) is -0.681. The van der Waals surface area contributed by atoms with Gasteiger partial charge in [0.25, 0.3) is 0 Å². The number of phenols is 1. The molecule has 0 aromatic heterocycles. The number of halogens is 3. The molecule has 0 aliphatic heterocycles. The van der Waals surface area contributed by atoms with E-state index in [0.29, 0.717) is 5.75 Å². The molecule has 5 nitrogen and oxygen atoms in total. The van der Waals surface area contributed by atoms with E-state index in [-0.39, 0.29) is 11.3 Å². The van der Waals surface area contributed by atoms with Gasteiger partial charge in [-0.15, -0.1) is 0 Å². The number of alkyl halides is 3. The summed E-state index contributed by atoms with van der Waals surface area (Å²) >= 11 is 0. The Labute approximate surface area is 106 Å². The SMILES string of the molecule is COc1ccc(O)c(C(O)CNC(=O)C(F)(F)F)c1. The molecule has 0 aliphatic carbocycles. The zero-order valence-electron chi connectivity index (χ0n) is 9.86. The maximum atomic E-state index is 11.9. The van der Waals surface area contributed by atoms with Gasteiger partial charge in [-0.25, -0.2) is 0 Å². The van der Waals surface area contributed by atoms with Crippen molar-refractivity contribution in [3.05, 3.63) is 23.8 Å². The van der Waals surface area contributed by atoms with E-state index in [1.54, 1.807) is 0 Å². The monoisotopic (exact) mass is 279 g/mol. The van der Waals surface area contributed by atoms with Crippen LogP contribution in [0.5, 0.6) is 11.5 Å². The molecule has 3 N–H and O–H groups in total. The Hall–Kier alpha value is -1.96. The van der Waals surface area contributed by atoms with Crippen LogP contribution in [0.2, 0.25) is 0 Å². The van der Waals surface area contributed by atoms with Crippen molar-refractivity contribution >= 4 is 5.91 Å². The molecule has 1 rings (SSSR count). The van der Waals surface area contributed by atoms with Gasteiger partial charge in [0.05, 0.1) is 13.2 Å². The van der Waals surface area contributed by atoms with E-state index >= 15 is 0 Å². The Morgan fingerprint density at radius 3 is 2.63 bits per heavy atom. The summed E-state index contributed by atoms with van der Waals surface area (Å²) in [5, 5.41) is 20.6. The van der Waals surface area contributed by atoms with Crippen molar-refractivity contribution < 1.29 is 32.9 Å². The average molecular weight is 279 g/mol. The first-order valence-electron chi connectivity index (χ1n) is 5.15. The first-order chi connectivity index (χ1) is 8.75. The molecule has 0 saturated heterocycles. The number of carbonyl (C=O) groups excluding carboxylic acids is 1. The maximum absolute atomic E-state index is 11.9. The summed E-state index contributed by atoms with van der Waals surface area (Å²) in [5.74, 6) is -2.16. The molecular formula is C11H12F3NO4. The van der Waals surface area contributed by atoms with Crippen molar-refractivity contribution in [2.24, 2.45) is 0 Å². The van der Waals surface area contributed by atoms with E-state index < -0.39 is 24.7 Å². The molecule has 1 atom stereocenters. The van der Waals surface area contributed by atoms with Crippen molar-refractivity contribution in [3.63, 3.8) is 0 Å². The van der Waals surface area contributed by atoms with Crippen LogP contribution in [0.1, 0.15) is 11.7 Å². The Kier molecular flexibility index (Phi) is 4.60. The number of aliphatic hydroxyl groups excluding tert-OH is 1. The molecule has 0 aliphatic rings. The minimum Gasteiger partial charge on any atom is -0.508 e. The second kappa shape index (κ2) is 5.79. The third-order valence-electron chi connectivity index (χ3n) is 2.31. The summed E-state index contributed by atoms with van der Waals surface area (Å²) in [6, 6.07) is 3.91. The van der Waals surface area contributed by atoms with Crippen LogP contribution in [0, 0.1) is 0 Å². The van der Waals surface area contributed by atoms with Crippen LogP contribution < -0.4 is 10.1 Å². The van der Waals surface area contributed by atoms with Gasteiger partial charge in [-0.2, -0.15) is 13.2 Å². The van der Waals surface area contributed by atoms with Crippen molar-refractivity contribution in [1.82, 2.24) is 5.32 Å². The molecule has 0 fully saturated rings. The highest BCUT2D eigenvalue weighted by molar-refractivity contribution is 5.81. The summed E-state index contributed by atoms with van der Waals surface area (Å²) in [4.78, 5) is 10.6. The van der Waals surface area contributed by atoms with Gasteiger partial charge in [0, 0.05) is 12.1 Å². The fourth-order valence-corrected chi connectivity index (χ4v) is 1.33. The summed E-state index contributed by atoms with van der Waals surface area (Å²) < 4.78 is 40.7. The molecule has 0 heterocycles. The number of hydrogen-bond acceptors (Lipinski definition) is 4. The fraction of sp³-hybridized carbons (Fsp3) is 0.364. The van der Waals surface area contributed by atoms with E-state index in [1.807, 2.05) is 0 Å². The highest BCUT2D eigenvalue weighted by Crippen LogP contribution is 2.28. The highest BCUT2D eigenvalue weighted by Gasteiger charge is 2.38. The summed E-state index contributed by atoms with van der Waals surface area (Å²) in [5.41, 5.74) is -0.0400. The number of methoxy groups -OCH3 is 1. The molecular weight excluding hydrogens is 267 g/mol. The van der Waals surface area contributed by atoms with Gasteiger partial charge >= 0.3 is 12.1 Å². The van der Waals surface area contributed by atoms with E-state index in [4.69, 9.17) is 4.74 Å². The molecule has 106 valence electrons. The second-order valence-corrected chi connectivity index (χ2v) is 3.65. The van der Waals surface area contributed by atoms with Crippen LogP contribution in [0.4, 0.5) is 13.2 Å². The standard InChI is InChI=1S/C11H12F3NO4/c1-19-6-2-3-8(16)7(4-6)9(17)5-15-10(18)11(12,13)14/h2-4,9,16-17H,5H2,1H3,(H,15,18). The number of nitrogens with one attached hydrogen (secondary N) is 1. The lowest BCUT2D eigenvalue weighted by Gasteiger charge is -2.15. The first-order valence-corrected chi connectivity index (χ1v) is 5.15. The molecule has 0 spiro atoms. The number of benzene rings is 1. The van der Waals surface area contributed by atoms with E-state index in [2.05, 4.69) is 0 Å². The van der Waals surface area contributed by atoms with Crippen LogP contribution in [0.3, 0.4) is 0 Å². The Bertz CT molecular complexity index is 462. The number of amides is 1. The van der Waals surface area contributed by atoms with Gasteiger partial charge in [0.15, 0.2) is 0 Å². The zero-order chi connectivity index (χ0) is 14.6. The number of aromatic hydroxyl groups is 1. The minimum atomic E-state index is -5.02. The number of phenolic OH excluding ortho intramolecular Hbond substituents is 1. The van der Waals surface area contributed by atoms with Crippen molar-refractivity contribution in [2.75, 3.05) is 13.7 Å². The molecule has 0 saturated carbocycles. The van der Waals surface area contributed by atoms with Crippen molar-refractivity contribution in [2.45, 2.75) is 12.3 Å². The molecule has 1 aromatic rings. The number of carbonyl (C=O) groups is 1. The van der Waals surface area contributed by atoms with Gasteiger partial charge in [0.1, 0.15) is 11.5 Å². The lowest BCUT2D eigenvalue weighted by Crippen LogP contribution is -2.38. The molecule has 8 heteroatoms. The van der Waals surface area contributed by atoms with Gasteiger partial charge in [0.2, 0.25) is 0 Å². The molecule has 0 bridgehead atoms. The predicted molar refractivity (Wildman–Crippen MR) is 58.7 cm³/mol. The van der Waals surface area contributed by atoms with E-state index in [0.717, 1.165) is 0 Å². The van der Waals surface area contributed by atoms with Crippen LogP contribution in [0.25, 0.3) is 0 Å². The van der Waals surface area contributed by atoms with Gasteiger partial charge < -0.3 is 20.3 Å². The third-order valence-corrected chi connectivity index (χ3v) is 2.31. The Morgan fingerprint density at radius 2 is 2.11 bits per heavy atom. The maximum Gasteiger partial charge on any atom is 0.471 e. The first kappa shape index (κ1) is 15.1. The van der Waals surface area contributed by atoms with Gasteiger partial charge in [-0.05, 0) is 18.2 Å². The Morgan fingerprint density at radius 1 is 1.47 bits per heavy atom. The van der Waals surface area contributed by atoms with Crippen LogP contribution in [-0.4, -0.2) is 36.0 Å². The van der Waals surface area contributed by atoms with Crippen molar-refractivity contribution in [3.8, 4) is 11.5 Å². The highest BCUT2D eigenvalue weighted by atomic mass is 19.4. The molecule has 19 heavy (non-hydrogen) atoms. The topological polar surface area (TPSA) is 78.8 Å². The van der Waals surface area contributed by atoms with Gasteiger partial charge in [-0.3, -0.25) is 4.79 Å². The van der Waals surface area contributed by atoms with E-state index in [9.17, 15) is 28.2 Å². The number of rotatable bonds is 4. The average Bonchev–Trinajstić information content (AvgIpc) is 2.34. The molecule has 1 aromatic carbocycles. The fourth-order valence-electron chi connectivity index (χ4n) is 1.33. The second-order valence-electron chi connectivity index (χ2n) is 3.65. The summed E-state index contributed by atoms with van der Waals surface area (Å²) in [6.07, 6.45) is -6.50. The van der Waals surface area contributed by atoms with Crippen LogP contribution in [0.15, 0.2) is 18.2 Å². The normalized spacial score (nSPS) is 12.9. The minimum absolute atomic E-state index is 0.0400. The number of aliphatic hydroxyl groups is 1. The number of ether oxygens (including phenoxy) is 1. The smallest absolute Gasteiger partial charge is 0.471 e. The largest absolute Gasteiger partial charge is 0.508 e. The van der Waals surface area contributed by atoms with Crippen LogP contribution >= 0.6 is 0 Å². The number of hydrogen-bond donors (Lipinski definition) is 3. The molecule has 1 amide bonds. The molecule has 1 unspecified atom stereocenters.